The van der Waals surface area contributed by atoms with Crippen molar-refractivity contribution in [2.45, 2.75) is 13.5 Å². The Kier molecular flexibility index (Phi) is 2.94. The molecular weight excluding hydrogens is 242 g/mol. The zero-order chi connectivity index (χ0) is 12.5. The molecule has 1 N–H and O–H groups in total. The average Bonchev–Trinajstić information content (AvgIpc) is 2.96. The molecule has 2 heterocycles. The number of hydrogen-bond donors (Lipinski definition) is 1. The fraction of sp³-hybridized carbons (Fsp3) is 0.200. The lowest BCUT2D eigenvalue weighted by Gasteiger charge is -1.93. The molecule has 0 bridgehead atoms. The van der Waals surface area contributed by atoms with Gasteiger partial charge in [-0.25, -0.2) is 0 Å². The summed E-state index contributed by atoms with van der Waals surface area (Å²) in [4.78, 5) is 1.19. The van der Waals surface area contributed by atoms with E-state index < -0.39 is 0 Å². The lowest BCUT2D eigenvalue weighted by molar-refractivity contribution is 0.630. The minimum Gasteiger partial charge on any atom is -0.455 e. The second kappa shape index (κ2) is 4.59. The lowest BCUT2D eigenvalue weighted by atomic mass is 10.2. The van der Waals surface area contributed by atoms with Crippen molar-refractivity contribution in [1.82, 2.24) is 5.32 Å². The molecule has 2 nitrogen and oxygen atoms in total. The van der Waals surface area contributed by atoms with E-state index in [0.717, 1.165) is 17.9 Å². The topological polar surface area (TPSA) is 25.2 Å². The van der Waals surface area contributed by atoms with E-state index in [9.17, 15) is 0 Å². The van der Waals surface area contributed by atoms with Gasteiger partial charge in [-0.3, -0.25) is 0 Å². The van der Waals surface area contributed by atoms with Crippen LogP contribution >= 0.6 is 11.3 Å². The molecule has 3 aromatic rings. The van der Waals surface area contributed by atoms with Crippen LogP contribution in [0, 0.1) is 6.92 Å². The Morgan fingerprint density at radius 2 is 2.17 bits per heavy atom. The fourth-order valence-electron chi connectivity index (χ4n) is 2.13. The van der Waals surface area contributed by atoms with Gasteiger partial charge in [-0.2, -0.15) is 0 Å². The molecule has 92 valence electrons. The molecule has 3 heteroatoms. The second-order valence-electron chi connectivity index (χ2n) is 4.45. The highest BCUT2D eigenvalue weighted by Crippen LogP contribution is 2.33. The molecule has 0 atom stereocenters. The van der Waals surface area contributed by atoms with Crippen molar-refractivity contribution in [3.8, 4) is 10.6 Å². The molecule has 0 spiro atoms. The summed E-state index contributed by atoms with van der Waals surface area (Å²) in [5, 5.41) is 6.51. The van der Waals surface area contributed by atoms with Gasteiger partial charge in [-0.15, -0.1) is 11.3 Å². The van der Waals surface area contributed by atoms with Crippen molar-refractivity contribution in [1.29, 1.82) is 0 Å². The quantitative estimate of drug-likeness (QED) is 0.761. The number of nitrogens with one attached hydrogen (secondary N) is 1. The average molecular weight is 257 g/mol. The van der Waals surface area contributed by atoms with Gasteiger partial charge in [-0.05, 0) is 42.6 Å². The predicted octanol–water partition coefficient (Wildman–Crippen LogP) is 4.19. The number of benzene rings is 1. The van der Waals surface area contributed by atoms with Gasteiger partial charge >= 0.3 is 0 Å². The molecule has 0 saturated heterocycles. The number of thiophene rings is 1. The Bertz CT molecular complexity index is 681. The van der Waals surface area contributed by atoms with Crippen molar-refractivity contribution in [3.05, 3.63) is 46.8 Å². The summed E-state index contributed by atoms with van der Waals surface area (Å²) in [5.74, 6) is 0.964. The molecule has 0 aliphatic rings. The van der Waals surface area contributed by atoms with Crippen molar-refractivity contribution in [2.24, 2.45) is 0 Å². The van der Waals surface area contributed by atoms with Gasteiger partial charge in [0.15, 0.2) is 0 Å². The smallest absolute Gasteiger partial charge is 0.145 e. The molecule has 0 aliphatic heterocycles. The predicted molar refractivity (Wildman–Crippen MR) is 77.0 cm³/mol. The van der Waals surface area contributed by atoms with Gasteiger partial charge in [0.05, 0.1) is 4.88 Å². The van der Waals surface area contributed by atoms with Crippen LogP contribution in [0.5, 0.6) is 0 Å². The summed E-state index contributed by atoms with van der Waals surface area (Å²) in [7, 11) is 1.96. The van der Waals surface area contributed by atoms with E-state index in [-0.39, 0.29) is 0 Å². The molecule has 0 amide bonds. The van der Waals surface area contributed by atoms with Gasteiger partial charge in [0, 0.05) is 11.9 Å². The SMILES string of the molecule is CNCc1csc(-c2cc3cccc(C)c3o2)c1. The number of furan rings is 1. The number of fused-ring (bicyclic) bond motifs is 1. The van der Waals surface area contributed by atoms with E-state index in [2.05, 4.69) is 48.0 Å². The van der Waals surface area contributed by atoms with E-state index in [1.165, 1.54) is 21.4 Å². The first-order chi connectivity index (χ1) is 8.78. The summed E-state index contributed by atoms with van der Waals surface area (Å²) in [6.45, 7) is 2.98. The number of aryl methyl sites for hydroxylation is 1. The van der Waals surface area contributed by atoms with E-state index in [4.69, 9.17) is 4.42 Å². The molecule has 0 radical (unpaired) electrons. The van der Waals surface area contributed by atoms with Gasteiger partial charge in [0.2, 0.25) is 0 Å². The van der Waals surface area contributed by atoms with Crippen LogP contribution in [0.2, 0.25) is 0 Å². The van der Waals surface area contributed by atoms with E-state index in [1.807, 2.05) is 7.05 Å². The van der Waals surface area contributed by atoms with Crippen LogP contribution in [-0.2, 0) is 6.54 Å². The van der Waals surface area contributed by atoms with E-state index in [0.29, 0.717) is 0 Å². The van der Waals surface area contributed by atoms with E-state index >= 15 is 0 Å². The highest BCUT2D eigenvalue weighted by atomic mass is 32.1. The molecule has 1 aromatic carbocycles. The summed E-state index contributed by atoms with van der Waals surface area (Å²) >= 11 is 1.73. The molecular formula is C15H15NOS. The summed E-state index contributed by atoms with van der Waals surface area (Å²) in [6.07, 6.45) is 0. The van der Waals surface area contributed by atoms with Crippen molar-refractivity contribution in [3.63, 3.8) is 0 Å². The lowest BCUT2D eigenvalue weighted by Crippen LogP contribution is -2.03. The highest BCUT2D eigenvalue weighted by Gasteiger charge is 2.09. The van der Waals surface area contributed by atoms with Crippen LogP contribution < -0.4 is 5.32 Å². The first-order valence-corrected chi connectivity index (χ1v) is 6.87. The number of hydrogen-bond acceptors (Lipinski definition) is 3. The van der Waals surface area contributed by atoms with Crippen LogP contribution in [-0.4, -0.2) is 7.05 Å². The third-order valence-electron chi connectivity index (χ3n) is 3.02. The Balaban J connectivity index is 2.05. The second-order valence-corrected chi connectivity index (χ2v) is 5.36. The van der Waals surface area contributed by atoms with Gasteiger partial charge in [0.1, 0.15) is 11.3 Å². The molecule has 0 fully saturated rings. The summed E-state index contributed by atoms with van der Waals surface area (Å²) < 4.78 is 5.97. The maximum absolute atomic E-state index is 5.97. The first-order valence-electron chi connectivity index (χ1n) is 5.99. The van der Waals surface area contributed by atoms with Crippen LogP contribution in [0.1, 0.15) is 11.1 Å². The number of rotatable bonds is 3. The van der Waals surface area contributed by atoms with Crippen molar-refractivity contribution >= 4 is 22.3 Å². The highest BCUT2D eigenvalue weighted by molar-refractivity contribution is 7.13. The first kappa shape index (κ1) is 11.5. The van der Waals surface area contributed by atoms with Crippen LogP contribution in [0.3, 0.4) is 0 Å². The molecule has 2 aromatic heterocycles. The normalized spacial score (nSPS) is 11.2. The Morgan fingerprint density at radius 1 is 1.28 bits per heavy atom. The molecule has 0 unspecified atom stereocenters. The number of para-hydroxylation sites is 1. The van der Waals surface area contributed by atoms with Gasteiger partial charge in [-0.1, -0.05) is 18.2 Å². The third kappa shape index (κ3) is 1.96. The van der Waals surface area contributed by atoms with E-state index in [1.54, 1.807) is 11.3 Å². The Morgan fingerprint density at radius 3 is 2.94 bits per heavy atom. The Labute approximate surface area is 110 Å². The molecule has 18 heavy (non-hydrogen) atoms. The molecule has 0 saturated carbocycles. The standard InChI is InChI=1S/C15H15NOS/c1-10-4-3-5-12-7-13(17-15(10)12)14-6-11(8-16-2)9-18-14/h3-7,9,16H,8H2,1-2H3. The maximum Gasteiger partial charge on any atom is 0.145 e. The Hall–Kier alpha value is -1.58. The van der Waals surface area contributed by atoms with Crippen LogP contribution in [0.15, 0.2) is 40.1 Å². The minimum absolute atomic E-state index is 0.899. The summed E-state index contributed by atoms with van der Waals surface area (Å²) in [6, 6.07) is 10.6. The monoisotopic (exact) mass is 257 g/mol. The fourth-order valence-corrected chi connectivity index (χ4v) is 3.00. The molecule has 0 aliphatic carbocycles. The van der Waals surface area contributed by atoms with Gasteiger partial charge in [0.25, 0.3) is 0 Å². The van der Waals surface area contributed by atoms with Crippen LogP contribution in [0.4, 0.5) is 0 Å². The van der Waals surface area contributed by atoms with Crippen LogP contribution in [0.25, 0.3) is 21.6 Å². The van der Waals surface area contributed by atoms with Gasteiger partial charge < -0.3 is 9.73 Å². The maximum atomic E-state index is 5.97. The van der Waals surface area contributed by atoms with Crippen molar-refractivity contribution < 1.29 is 4.42 Å². The minimum atomic E-state index is 0.899. The third-order valence-corrected chi connectivity index (χ3v) is 4.01. The largest absolute Gasteiger partial charge is 0.455 e. The van der Waals surface area contributed by atoms with Crippen molar-refractivity contribution in [2.75, 3.05) is 7.05 Å². The molecule has 3 rings (SSSR count). The summed E-state index contributed by atoms with van der Waals surface area (Å²) in [5.41, 5.74) is 3.48. The zero-order valence-electron chi connectivity index (χ0n) is 10.5. The zero-order valence-corrected chi connectivity index (χ0v) is 11.3.